The molecule has 0 saturated carbocycles. The Labute approximate surface area is 128 Å². The topological polar surface area (TPSA) is 96.3 Å². The van der Waals surface area contributed by atoms with Crippen LogP contribution in [0.15, 0.2) is 47.3 Å². The van der Waals surface area contributed by atoms with Gasteiger partial charge in [0.15, 0.2) is 0 Å². The predicted octanol–water partition coefficient (Wildman–Crippen LogP) is 1.64. The number of hydrazine groups is 1. The number of hydrogen-bond donors (Lipinski definition) is 3. The van der Waals surface area contributed by atoms with E-state index in [1.54, 1.807) is 24.6 Å². The quantitative estimate of drug-likeness (QED) is 0.732. The molecule has 0 spiro atoms. The fourth-order valence-corrected chi connectivity index (χ4v) is 1.83. The maximum Gasteiger partial charge on any atom is 0.333 e. The number of carbonyl (C=O) groups excluding carboxylic acids is 2. The maximum absolute atomic E-state index is 11.7. The number of aromatic nitrogens is 1. The molecule has 0 fully saturated rings. The van der Waals surface area contributed by atoms with Gasteiger partial charge in [0.25, 0.3) is 5.91 Å². The number of aryl methyl sites for hydroxylation is 1. The molecule has 0 aliphatic heterocycles. The summed E-state index contributed by atoms with van der Waals surface area (Å²) >= 11 is 0. The van der Waals surface area contributed by atoms with Crippen molar-refractivity contribution in [1.29, 1.82) is 0 Å². The van der Waals surface area contributed by atoms with Gasteiger partial charge in [0.05, 0.1) is 11.8 Å². The average Bonchev–Trinajstić information content (AvgIpc) is 3.05. The molecule has 22 heavy (non-hydrogen) atoms. The standard InChI is InChI=1S/C15H18N4O3/c1-11(6-7-13-5-3-9-22-13)17-15(21)19-18-14(20)12-4-2-8-16-10-12/h2-5,8-11H,6-7H2,1H3,(H,18,20)(H2,17,19,21)/t11-/m0/s1. The molecule has 3 N–H and O–H groups in total. The average molecular weight is 302 g/mol. The van der Waals surface area contributed by atoms with Crippen molar-refractivity contribution in [2.75, 3.05) is 0 Å². The molecule has 2 heterocycles. The second-order valence-electron chi connectivity index (χ2n) is 4.81. The van der Waals surface area contributed by atoms with Crippen LogP contribution in [0.4, 0.5) is 4.79 Å². The van der Waals surface area contributed by atoms with Crippen LogP contribution in [0.3, 0.4) is 0 Å². The van der Waals surface area contributed by atoms with Gasteiger partial charge in [0.2, 0.25) is 0 Å². The molecule has 0 radical (unpaired) electrons. The number of urea groups is 1. The summed E-state index contributed by atoms with van der Waals surface area (Å²) in [6.45, 7) is 1.88. The zero-order chi connectivity index (χ0) is 15.8. The van der Waals surface area contributed by atoms with E-state index in [1.165, 1.54) is 6.20 Å². The highest BCUT2D eigenvalue weighted by molar-refractivity contribution is 5.94. The lowest BCUT2D eigenvalue weighted by Gasteiger charge is -2.14. The Morgan fingerprint density at radius 3 is 2.82 bits per heavy atom. The van der Waals surface area contributed by atoms with Gasteiger partial charge in [-0.05, 0) is 37.6 Å². The summed E-state index contributed by atoms with van der Waals surface area (Å²) in [4.78, 5) is 27.2. The Bertz CT molecular complexity index is 599. The number of rotatable bonds is 5. The molecule has 0 aliphatic carbocycles. The Balaban J connectivity index is 1.68. The van der Waals surface area contributed by atoms with E-state index in [9.17, 15) is 9.59 Å². The van der Waals surface area contributed by atoms with Crippen LogP contribution in [0, 0.1) is 0 Å². The molecule has 0 bridgehead atoms. The van der Waals surface area contributed by atoms with Crippen LogP contribution in [-0.2, 0) is 6.42 Å². The molecule has 7 nitrogen and oxygen atoms in total. The van der Waals surface area contributed by atoms with Gasteiger partial charge in [-0.15, -0.1) is 0 Å². The summed E-state index contributed by atoms with van der Waals surface area (Å²) < 4.78 is 5.23. The van der Waals surface area contributed by atoms with Crippen molar-refractivity contribution in [3.63, 3.8) is 0 Å². The summed E-state index contributed by atoms with van der Waals surface area (Å²) in [6, 6.07) is 6.44. The van der Waals surface area contributed by atoms with Crippen LogP contribution in [0.5, 0.6) is 0 Å². The third-order valence-corrected chi connectivity index (χ3v) is 2.99. The molecule has 2 aromatic heterocycles. The van der Waals surface area contributed by atoms with E-state index in [-0.39, 0.29) is 6.04 Å². The molecule has 0 saturated heterocycles. The molecule has 0 aromatic carbocycles. The van der Waals surface area contributed by atoms with Gasteiger partial charge >= 0.3 is 6.03 Å². The van der Waals surface area contributed by atoms with E-state index in [4.69, 9.17) is 4.42 Å². The van der Waals surface area contributed by atoms with Crippen LogP contribution >= 0.6 is 0 Å². The lowest BCUT2D eigenvalue weighted by Crippen LogP contribution is -2.49. The third-order valence-electron chi connectivity index (χ3n) is 2.99. The van der Waals surface area contributed by atoms with E-state index in [0.29, 0.717) is 5.56 Å². The Morgan fingerprint density at radius 1 is 1.27 bits per heavy atom. The zero-order valence-electron chi connectivity index (χ0n) is 12.2. The lowest BCUT2D eigenvalue weighted by atomic mass is 10.1. The van der Waals surface area contributed by atoms with Gasteiger partial charge in [-0.1, -0.05) is 0 Å². The number of pyridine rings is 1. The van der Waals surface area contributed by atoms with Gasteiger partial charge < -0.3 is 9.73 Å². The van der Waals surface area contributed by atoms with Crippen molar-refractivity contribution in [3.8, 4) is 0 Å². The largest absolute Gasteiger partial charge is 0.469 e. The van der Waals surface area contributed by atoms with Gasteiger partial charge in [0.1, 0.15) is 5.76 Å². The number of hydrogen-bond acceptors (Lipinski definition) is 4. The summed E-state index contributed by atoms with van der Waals surface area (Å²) in [5, 5.41) is 2.73. The first-order valence-electron chi connectivity index (χ1n) is 6.94. The molecule has 1 atom stereocenters. The minimum atomic E-state index is -0.468. The SMILES string of the molecule is C[C@@H](CCc1ccco1)NC(=O)NNC(=O)c1cccnc1. The van der Waals surface area contributed by atoms with E-state index in [0.717, 1.165) is 18.6 Å². The van der Waals surface area contributed by atoms with Crippen molar-refractivity contribution in [1.82, 2.24) is 21.2 Å². The first-order valence-corrected chi connectivity index (χ1v) is 6.94. The summed E-state index contributed by atoms with van der Waals surface area (Å²) in [6.07, 6.45) is 6.07. The molecular formula is C15H18N4O3. The van der Waals surface area contributed by atoms with Crippen molar-refractivity contribution in [3.05, 3.63) is 54.2 Å². The number of carbonyl (C=O) groups is 2. The third kappa shape index (κ3) is 4.93. The molecule has 2 aromatic rings. The van der Waals surface area contributed by atoms with Crippen LogP contribution < -0.4 is 16.2 Å². The Morgan fingerprint density at radius 2 is 2.14 bits per heavy atom. The number of nitrogens with one attached hydrogen (secondary N) is 3. The van der Waals surface area contributed by atoms with Crippen LogP contribution in [-0.4, -0.2) is 23.0 Å². The fourth-order valence-electron chi connectivity index (χ4n) is 1.83. The van der Waals surface area contributed by atoms with E-state index in [1.807, 2.05) is 19.1 Å². The smallest absolute Gasteiger partial charge is 0.333 e. The minimum absolute atomic E-state index is 0.0552. The minimum Gasteiger partial charge on any atom is -0.469 e. The van der Waals surface area contributed by atoms with Crippen LogP contribution in [0.1, 0.15) is 29.5 Å². The number of amides is 3. The highest BCUT2D eigenvalue weighted by Crippen LogP contribution is 2.05. The molecule has 0 unspecified atom stereocenters. The van der Waals surface area contributed by atoms with E-state index < -0.39 is 11.9 Å². The number of nitrogens with zero attached hydrogens (tertiary/aromatic N) is 1. The monoisotopic (exact) mass is 302 g/mol. The molecule has 0 aliphatic rings. The maximum atomic E-state index is 11.7. The summed E-state index contributed by atoms with van der Waals surface area (Å²) in [5.74, 6) is 0.449. The summed E-state index contributed by atoms with van der Waals surface area (Å²) in [7, 11) is 0. The van der Waals surface area contributed by atoms with Crippen molar-refractivity contribution >= 4 is 11.9 Å². The van der Waals surface area contributed by atoms with E-state index in [2.05, 4.69) is 21.2 Å². The first kappa shape index (κ1) is 15.6. The second kappa shape index (κ2) is 7.82. The second-order valence-corrected chi connectivity index (χ2v) is 4.81. The number of furan rings is 1. The normalized spacial score (nSPS) is 11.5. The summed E-state index contributed by atoms with van der Waals surface area (Å²) in [5.41, 5.74) is 4.99. The molecular weight excluding hydrogens is 284 g/mol. The van der Waals surface area contributed by atoms with Crippen molar-refractivity contribution < 1.29 is 14.0 Å². The van der Waals surface area contributed by atoms with Gasteiger partial charge in [0, 0.05) is 24.9 Å². The first-order chi connectivity index (χ1) is 10.6. The van der Waals surface area contributed by atoms with Gasteiger partial charge in [-0.3, -0.25) is 15.2 Å². The Kier molecular flexibility index (Phi) is 5.53. The molecule has 3 amide bonds. The van der Waals surface area contributed by atoms with Gasteiger partial charge in [-0.2, -0.15) is 0 Å². The predicted molar refractivity (Wildman–Crippen MR) is 79.9 cm³/mol. The highest BCUT2D eigenvalue weighted by atomic mass is 16.3. The van der Waals surface area contributed by atoms with Gasteiger partial charge in [-0.25, -0.2) is 10.2 Å². The molecule has 7 heteroatoms. The van der Waals surface area contributed by atoms with E-state index >= 15 is 0 Å². The van der Waals surface area contributed by atoms with Crippen molar-refractivity contribution in [2.24, 2.45) is 0 Å². The molecule has 2 rings (SSSR count). The van der Waals surface area contributed by atoms with Crippen LogP contribution in [0.2, 0.25) is 0 Å². The Hall–Kier alpha value is -2.83. The fraction of sp³-hybridized carbons (Fsp3) is 0.267. The lowest BCUT2D eigenvalue weighted by molar-refractivity contribution is 0.0935. The zero-order valence-corrected chi connectivity index (χ0v) is 12.2. The highest BCUT2D eigenvalue weighted by Gasteiger charge is 2.10. The van der Waals surface area contributed by atoms with Crippen LogP contribution in [0.25, 0.3) is 0 Å². The van der Waals surface area contributed by atoms with Crippen molar-refractivity contribution in [2.45, 2.75) is 25.8 Å². The molecule has 116 valence electrons.